The van der Waals surface area contributed by atoms with Gasteiger partial charge in [-0.15, -0.1) is 0 Å². The van der Waals surface area contributed by atoms with Crippen molar-refractivity contribution in [1.29, 1.82) is 0 Å². The summed E-state index contributed by atoms with van der Waals surface area (Å²) in [6.07, 6.45) is 4.77. The predicted molar refractivity (Wildman–Crippen MR) is 133 cm³/mol. The van der Waals surface area contributed by atoms with Gasteiger partial charge in [0.15, 0.2) is 0 Å². The van der Waals surface area contributed by atoms with E-state index in [-0.39, 0.29) is 5.91 Å². The van der Waals surface area contributed by atoms with Crippen molar-refractivity contribution in [3.8, 4) is 0 Å². The Labute approximate surface area is 195 Å². The van der Waals surface area contributed by atoms with Crippen LogP contribution in [0.3, 0.4) is 0 Å². The molecular formula is C25H32N4O3S. The summed E-state index contributed by atoms with van der Waals surface area (Å²) in [7, 11) is -3.52. The molecular weight excluding hydrogens is 436 g/mol. The first kappa shape index (κ1) is 23.3. The number of hydrogen-bond acceptors (Lipinski definition) is 4. The fraction of sp³-hybridized carbons (Fsp3) is 0.400. The summed E-state index contributed by atoms with van der Waals surface area (Å²) in [6, 6.07) is 8.44. The molecule has 0 radical (unpaired) electrons. The van der Waals surface area contributed by atoms with Crippen LogP contribution in [0.2, 0.25) is 0 Å². The van der Waals surface area contributed by atoms with Crippen LogP contribution in [0.5, 0.6) is 0 Å². The van der Waals surface area contributed by atoms with Gasteiger partial charge in [0, 0.05) is 41.6 Å². The standard InChI is InChI=1S/C25H32N4O3S/c1-16-12-17(2)23(14-22(16)26)27-25(30)19(4)29-15-18(3)21-13-20(8-9-24(21)29)33(31,32)28-10-6-5-7-11-28/h8-9,12-15,19H,5-7,10-11,26H2,1-4H3,(H,27,30). The molecule has 0 saturated carbocycles. The molecule has 1 atom stereocenters. The van der Waals surface area contributed by atoms with Crippen LogP contribution in [0.15, 0.2) is 41.4 Å². The summed E-state index contributed by atoms with van der Waals surface area (Å²) >= 11 is 0. The van der Waals surface area contributed by atoms with Gasteiger partial charge in [-0.3, -0.25) is 4.79 Å². The molecule has 0 bridgehead atoms. The first-order chi connectivity index (χ1) is 15.6. The lowest BCUT2D eigenvalue weighted by molar-refractivity contribution is -0.118. The van der Waals surface area contributed by atoms with Crippen molar-refractivity contribution in [3.63, 3.8) is 0 Å². The number of benzene rings is 2. The Morgan fingerprint density at radius 2 is 1.70 bits per heavy atom. The van der Waals surface area contributed by atoms with Crippen molar-refractivity contribution in [2.75, 3.05) is 24.1 Å². The highest BCUT2D eigenvalue weighted by atomic mass is 32.2. The normalized spacial score (nSPS) is 16.1. The van der Waals surface area contributed by atoms with Gasteiger partial charge in [-0.05, 0) is 81.5 Å². The van der Waals surface area contributed by atoms with Crippen molar-refractivity contribution in [3.05, 3.63) is 53.2 Å². The zero-order valence-corrected chi connectivity index (χ0v) is 20.5. The lowest BCUT2D eigenvalue weighted by atomic mass is 10.1. The van der Waals surface area contributed by atoms with Gasteiger partial charge in [0.2, 0.25) is 15.9 Å². The molecule has 1 aliphatic rings. The third kappa shape index (κ3) is 4.37. The number of nitrogen functional groups attached to an aromatic ring is 1. The highest BCUT2D eigenvalue weighted by Crippen LogP contribution is 2.30. The number of piperidine rings is 1. The van der Waals surface area contributed by atoms with Crippen LogP contribution in [0.4, 0.5) is 11.4 Å². The summed E-state index contributed by atoms with van der Waals surface area (Å²) in [5, 5.41) is 3.82. The molecule has 7 nitrogen and oxygen atoms in total. The van der Waals surface area contributed by atoms with E-state index in [4.69, 9.17) is 5.73 Å². The largest absolute Gasteiger partial charge is 0.398 e. The van der Waals surface area contributed by atoms with Crippen LogP contribution in [0, 0.1) is 20.8 Å². The fourth-order valence-electron chi connectivity index (χ4n) is 4.51. The molecule has 1 amide bonds. The zero-order valence-electron chi connectivity index (χ0n) is 19.7. The minimum Gasteiger partial charge on any atom is -0.398 e. The maximum absolute atomic E-state index is 13.1. The quantitative estimate of drug-likeness (QED) is 0.538. The van der Waals surface area contributed by atoms with Gasteiger partial charge in [-0.2, -0.15) is 4.31 Å². The van der Waals surface area contributed by atoms with Crippen LogP contribution in [0.25, 0.3) is 10.9 Å². The number of carbonyl (C=O) groups is 1. The molecule has 1 aliphatic heterocycles. The van der Waals surface area contributed by atoms with Gasteiger partial charge in [-0.1, -0.05) is 12.5 Å². The van der Waals surface area contributed by atoms with Crippen LogP contribution < -0.4 is 11.1 Å². The molecule has 0 aliphatic carbocycles. The van der Waals surface area contributed by atoms with E-state index in [0.717, 1.165) is 46.9 Å². The molecule has 3 aromatic rings. The smallest absolute Gasteiger partial charge is 0.247 e. The van der Waals surface area contributed by atoms with Gasteiger partial charge in [0.1, 0.15) is 6.04 Å². The van der Waals surface area contributed by atoms with Crippen LogP contribution in [-0.4, -0.2) is 36.3 Å². The van der Waals surface area contributed by atoms with Gasteiger partial charge < -0.3 is 15.6 Å². The van der Waals surface area contributed by atoms with E-state index in [1.54, 1.807) is 28.6 Å². The zero-order chi connectivity index (χ0) is 23.9. The van der Waals surface area contributed by atoms with Gasteiger partial charge in [0.25, 0.3) is 0 Å². The molecule has 2 aromatic carbocycles. The van der Waals surface area contributed by atoms with Crippen LogP contribution >= 0.6 is 0 Å². The van der Waals surface area contributed by atoms with Gasteiger partial charge >= 0.3 is 0 Å². The molecule has 0 spiro atoms. The number of anilines is 2. The lowest BCUT2D eigenvalue weighted by Crippen LogP contribution is -2.35. The van der Waals surface area contributed by atoms with E-state index in [2.05, 4.69) is 5.32 Å². The van der Waals surface area contributed by atoms with Gasteiger partial charge in [-0.25, -0.2) is 8.42 Å². The number of aromatic nitrogens is 1. The third-order valence-corrected chi connectivity index (χ3v) is 8.52. The Balaban J connectivity index is 1.63. The molecule has 33 heavy (non-hydrogen) atoms. The second-order valence-corrected chi connectivity index (χ2v) is 11.0. The number of aryl methyl sites for hydroxylation is 3. The second-order valence-electron chi connectivity index (χ2n) is 9.05. The number of nitrogens with two attached hydrogens (primary N) is 1. The summed E-state index contributed by atoms with van der Waals surface area (Å²) in [5.74, 6) is -0.164. The van der Waals surface area contributed by atoms with E-state index in [1.165, 1.54) is 0 Å². The molecule has 8 heteroatoms. The Kier molecular flexibility index (Phi) is 6.24. The maximum atomic E-state index is 13.1. The van der Waals surface area contributed by atoms with Crippen molar-refractivity contribution >= 4 is 38.2 Å². The fourth-order valence-corrected chi connectivity index (χ4v) is 6.05. The average Bonchev–Trinajstić information content (AvgIpc) is 3.13. The molecule has 1 saturated heterocycles. The molecule has 1 aromatic heterocycles. The number of fused-ring (bicyclic) bond motifs is 1. The topological polar surface area (TPSA) is 97.4 Å². The highest BCUT2D eigenvalue weighted by Gasteiger charge is 2.27. The minimum atomic E-state index is -3.52. The first-order valence-electron chi connectivity index (χ1n) is 11.4. The van der Waals surface area contributed by atoms with E-state index < -0.39 is 16.1 Å². The summed E-state index contributed by atoms with van der Waals surface area (Å²) in [5.41, 5.74) is 11.0. The third-order valence-electron chi connectivity index (χ3n) is 6.62. The van der Waals surface area contributed by atoms with Crippen molar-refractivity contribution in [1.82, 2.24) is 8.87 Å². The predicted octanol–water partition coefficient (Wildman–Crippen LogP) is 4.52. The van der Waals surface area contributed by atoms with Gasteiger partial charge in [0.05, 0.1) is 4.90 Å². The van der Waals surface area contributed by atoms with E-state index >= 15 is 0 Å². The van der Waals surface area contributed by atoms with Crippen LogP contribution in [-0.2, 0) is 14.8 Å². The van der Waals surface area contributed by atoms with E-state index in [1.807, 2.05) is 44.5 Å². The Morgan fingerprint density at radius 1 is 1.00 bits per heavy atom. The minimum absolute atomic E-state index is 0.164. The summed E-state index contributed by atoms with van der Waals surface area (Å²) in [4.78, 5) is 13.4. The maximum Gasteiger partial charge on any atom is 0.247 e. The van der Waals surface area contributed by atoms with Crippen molar-refractivity contribution in [2.24, 2.45) is 0 Å². The number of rotatable bonds is 5. The monoisotopic (exact) mass is 468 g/mol. The summed E-state index contributed by atoms with van der Waals surface area (Å²) < 4.78 is 29.7. The molecule has 4 rings (SSSR count). The highest BCUT2D eigenvalue weighted by molar-refractivity contribution is 7.89. The van der Waals surface area contributed by atoms with Crippen molar-refractivity contribution < 1.29 is 13.2 Å². The number of carbonyl (C=O) groups excluding carboxylic acids is 1. The van der Waals surface area contributed by atoms with Crippen molar-refractivity contribution in [2.45, 2.75) is 57.9 Å². The number of nitrogens with zero attached hydrogens (tertiary/aromatic N) is 2. The average molecular weight is 469 g/mol. The number of nitrogens with one attached hydrogen (secondary N) is 1. The SMILES string of the molecule is Cc1cc(C)c(NC(=O)C(C)n2cc(C)c3cc(S(=O)(=O)N4CCCCC4)ccc32)cc1N. The summed E-state index contributed by atoms with van der Waals surface area (Å²) in [6.45, 7) is 8.78. The molecule has 3 N–H and O–H groups in total. The number of hydrogen-bond donors (Lipinski definition) is 2. The van der Waals surface area contributed by atoms with E-state index in [9.17, 15) is 13.2 Å². The number of amides is 1. The molecule has 1 unspecified atom stereocenters. The lowest BCUT2D eigenvalue weighted by Gasteiger charge is -2.26. The molecule has 176 valence electrons. The Bertz CT molecular complexity index is 1320. The van der Waals surface area contributed by atoms with Crippen LogP contribution in [0.1, 0.15) is 48.9 Å². The molecule has 2 heterocycles. The number of sulfonamides is 1. The molecule has 1 fully saturated rings. The second kappa shape index (κ2) is 8.83. The van der Waals surface area contributed by atoms with E-state index in [0.29, 0.717) is 29.4 Å². The Hall–Kier alpha value is -2.84. The Morgan fingerprint density at radius 3 is 2.39 bits per heavy atom. The first-order valence-corrected chi connectivity index (χ1v) is 12.8.